The quantitative estimate of drug-likeness (QED) is 0.205. The molecule has 0 aliphatic heterocycles. The summed E-state index contributed by atoms with van der Waals surface area (Å²) in [4.78, 5) is 10.3. The molecule has 0 amide bonds. The predicted molar refractivity (Wildman–Crippen MR) is 179 cm³/mol. The number of hydrogen-bond donors (Lipinski definition) is 0. The summed E-state index contributed by atoms with van der Waals surface area (Å²) in [7, 11) is 0. The minimum Gasteiger partial charge on any atom is -0.309 e. The summed E-state index contributed by atoms with van der Waals surface area (Å²) in [5.74, 6) is 0.719. The van der Waals surface area contributed by atoms with Crippen LogP contribution in [0.25, 0.3) is 82.9 Å². The van der Waals surface area contributed by atoms with Crippen molar-refractivity contribution in [3.05, 3.63) is 152 Å². The average Bonchev–Trinajstić information content (AvgIpc) is 3.43. The lowest BCUT2D eigenvalue weighted by atomic mass is 10.0. The van der Waals surface area contributed by atoms with Crippen molar-refractivity contribution in [3.8, 4) is 39.6 Å². The molecule has 9 aromatic rings. The smallest absolute Gasteiger partial charge is 0.161 e. The molecule has 2 aromatic heterocycles. The standard InChI is InChI=1S/C40H25N3/c1-3-11-26(12-4-1)33-25-34(27-13-5-2-6-14-27)42-40(41-33)32-23-24-35(31-18-8-7-17-30(31)32)43-36-19-9-15-28-21-22-29-16-10-20-37(43)39(29)38(28)36/h1-25H. The van der Waals surface area contributed by atoms with Gasteiger partial charge in [-0.1, -0.05) is 121 Å². The minimum absolute atomic E-state index is 0.719. The van der Waals surface area contributed by atoms with Gasteiger partial charge in [-0.25, -0.2) is 9.97 Å². The lowest BCUT2D eigenvalue weighted by molar-refractivity contribution is 1.18. The molecule has 3 heteroatoms. The molecule has 0 saturated carbocycles. The molecular weight excluding hydrogens is 522 g/mol. The van der Waals surface area contributed by atoms with Crippen LogP contribution in [0.5, 0.6) is 0 Å². The number of nitrogens with zero attached hydrogens (tertiary/aromatic N) is 3. The van der Waals surface area contributed by atoms with Crippen LogP contribution in [0.4, 0.5) is 0 Å². The summed E-state index contributed by atoms with van der Waals surface area (Å²) in [5.41, 5.74) is 8.56. The highest BCUT2D eigenvalue weighted by Gasteiger charge is 2.19. The van der Waals surface area contributed by atoms with E-state index in [0.717, 1.165) is 50.4 Å². The molecule has 2 heterocycles. The van der Waals surface area contributed by atoms with Gasteiger partial charge in [-0.15, -0.1) is 0 Å². The fraction of sp³-hybridized carbons (Fsp3) is 0. The van der Waals surface area contributed by atoms with Crippen LogP contribution < -0.4 is 0 Å². The van der Waals surface area contributed by atoms with Crippen LogP contribution in [0, 0.1) is 0 Å². The Morgan fingerprint density at radius 3 is 1.53 bits per heavy atom. The zero-order valence-electron chi connectivity index (χ0n) is 23.3. The van der Waals surface area contributed by atoms with Crippen molar-refractivity contribution in [2.45, 2.75) is 0 Å². The highest BCUT2D eigenvalue weighted by Crippen LogP contribution is 2.41. The lowest BCUT2D eigenvalue weighted by Crippen LogP contribution is -1.99. The topological polar surface area (TPSA) is 30.7 Å². The summed E-state index contributed by atoms with van der Waals surface area (Å²) >= 11 is 0. The van der Waals surface area contributed by atoms with E-state index in [4.69, 9.17) is 9.97 Å². The van der Waals surface area contributed by atoms with E-state index < -0.39 is 0 Å². The van der Waals surface area contributed by atoms with Gasteiger partial charge in [0.1, 0.15) is 0 Å². The molecule has 0 saturated heterocycles. The summed E-state index contributed by atoms with van der Waals surface area (Å²) in [6, 6.07) is 53.6. The fourth-order valence-electron chi connectivity index (χ4n) is 6.63. The average molecular weight is 548 g/mol. The summed E-state index contributed by atoms with van der Waals surface area (Å²) in [6.07, 6.45) is 0. The maximum absolute atomic E-state index is 5.15. The van der Waals surface area contributed by atoms with Gasteiger partial charge < -0.3 is 4.57 Å². The van der Waals surface area contributed by atoms with Gasteiger partial charge in [0.05, 0.1) is 28.1 Å². The molecule has 0 aliphatic rings. The van der Waals surface area contributed by atoms with E-state index in [1.54, 1.807) is 0 Å². The third kappa shape index (κ3) is 3.68. The Morgan fingerprint density at radius 1 is 0.419 bits per heavy atom. The third-order valence-electron chi connectivity index (χ3n) is 8.57. The Labute approximate surface area is 248 Å². The SMILES string of the molecule is c1ccc(-c2cc(-c3ccccc3)nc(-c3ccc(-n4c5cccc6ccc7cccc4c7c65)c4ccccc34)n2)cc1. The van der Waals surface area contributed by atoms with Gasteiger partial charge >= 0.3 is 0 Å². The number of rotatable bonds is 4. The van der Waals surface area contributed by atoms with Crippen LogP contribution in [0.2, 0.25) is 0 Å². The first-order valence-corrected chi connectivity index (χ1v) is 14.6. The summed E-state index contributed by atoms with van der Waals surface area (Å²) < 4.78 is 2.42. The lowest BCUT2D eigenvalue weighted by Gasteiger charge is -2.15. The Balaban J connectivity index is 1.32. The highest BCUT2D eigenvalue weighted by molar-refractivity contribution is 6.24. The molecule has 9 rings (SSSR count). The Kier molecular flexibility index (Phi) is 5.20. The summed E-state index contributed by atoms with van der Waals surface area (Å²) in [5, 5.41) is 7.45. The predicted octanol–water partition coefficient (Wildman–Crippen LogP) is 10.3. The van der Waals surface area contributed by atoms with Crippen molar-refractivity contribution < 1.29 is 0 Å². The number of benzene rings is 7. The monoisotopic (exact) mass is 547 g/mol. The van der Waals surface area contributed by atoms with Gasteiger partial charge in [-0.05, 0) is 46.5 Å². The van der Waals surface area contributed by atoms with Crippen LogP contribution in [-0.4, -0.2) is 14.5 Å². The first-order chi connectivity index (χ1) is 21.3. The third-order valence-corrected chi connectivity index (χ3v) is 8.57. The molecule has 7 aromatic carbocycles. The van der Waals surface area contributed by atoms with Gasteiger partial charge in [-0.2, -0.15) is 0 Å². The normalized spacial score (nSPS) is 11.7. The van der Waals surface area contributed by atoms with Crippen molar-refractivity contribution in [1.29, 1.82) is 0 Å². The van der Waals surface area contributed by atoms with E-state index in [1.165, 1.54) is 32.6 Å². The van der Waals surface area contributed by atoms with Crippen LogP contribution >= 0.6 is 0 Å². The number of aromatic nitrogens is 3. The van der Waals surface area contributed by atoms with E-state index in [0.29, 0.717) is 0 Å². The molecule has 0 radical (unpaired) electrons. The Morgan fingerprint density at radius 2 is 0.953 bits per heavy atom. The van der Waals surface area contributed by atoms with Gasteiger partial charge in [-0.3, -0.25) is 0 Å². The molecule has 43 heavy (non-hydrogen) atoms. The zero-order valence-corrected chi connectivity index (χ0v) is 23.3. The highest BCUT2D eigenvalue weighted by atomic mass is 15.0. The molecule has 3 nitrogen and oxygen atoms in total. The van der Waals surface area contributed by atoms with E-state index in [1.807, 2.05) is 12.1 Å². The van der Waals surface area contributed by atoms with Crippen molar-refractivity contribution in [1.82, 2.24) is 14.5 Å². The second-order valence-electron chi connectivity index (χ2n) is 11.0. The van der Waals surface area contributed by atoms with E-state index in [9.17, 15) is 0 Å². The Hall–Kier alpha value is -5.80. The van der Waals surface area contributed by atoms with Gasteiger partial charge in [0.15, 0.2) is 5.82 Å². The zero-order chi connectivity index (χ0) is 28.3. The minimum atomic E-state index is 0.719. The molecule has 200 valence electrons. The van der Waals surface area contributed by atoms with Crippen molar-refractivity contribution in [3.63, 3.8) is 0 Å². The Bertz CT molecular complexity index is 2310. The first kappa shape index (κ1) is 23.9. The molecule has 0 spiro atoms. The van der Waals surface area contributed by atoms with Crippen molar-refractivity contribution in [2.24, 2.45) is 0 Å². The molecule has 0 fully saturated rings. The van der Waals surface area contributed by atoms with E-state index >= 15 is 0 Å². The van der Waals surface area contributed by atoms with E-state index in [2.05, 4.69) is 144 Å². The molecular formula is C40H25N3. The largest absolute Gasteiger partial charge is 0.309 e. The van der Waals surface area contributed by atoms with Crippen molar-refractivity contribution in [2.75, 3.05) is 0 Å². The fourth-order valence-corrected chi connectivity index (χ4v) is 6.63. The van der Waals surface area contributed by atoms with Crippen LogP contribution in [-0.2, 0) is 0 Å². The molecule has 0 atom stereocenters. The molecule has 0 unspecified atom stereocenters. The van der Waals surface area contributed by atoms with Crippen LogP contribution in [0.3, 0.4) is 0 Å². The van der Waals surface area contributed by atoms with Crippen LogP contribution in [0.1, 0.15) is 0 Å². The maximum atomic E-state index is 5.15. The molecule has 0 aliphatic carbocycles. The van der Waals surface area contributed by atoms with Gasteiger partial charge in [0, 0.05) is 32.8 Å². The van der Waals surface area contributed by atoms with Gasteiger partial charge in [0.25, 0.3) is 0 Å². The van der Waals surface area contributed by atoms with E-state index in [-0.39, 0.29) is 0 Å². The molecule has 0 bridgehead atoms. The maximum Gasteiger partial charge on any atom is 0.161 e. The second kappa shape index (κ2) is 9.37. The van der Waals surface area contributed by atoms with Gasteiger partial charge in [0.2, 0.25) is 0 Å². The van der Waals surface area contributed by atoms with Crippen LogP contribution in [0.15, 0.2) is 152 Å². The number of hydrogen-bond acceptors (Lipinski definition) is 2. The second-order valence-corrected chi connectivity index (χ2v) is 11.0. The summed E-state index contributed by atoms with van der Waals surface area (Å²) in [6.45, 7) is 0. The molecule has 0 N–H and O–H groups in total. The van der Waals surface area contributed by atoms with Crippen molar-refractivity contribution >= 4 is 43.4 Å². The first-order valence-electron chi connectivity index (χ1n) is 14.6. The number of fused-ring (bicyclic) bond motifs is 1.